The number of hydrogen-bond acceptors (Lipinski definition) is 7. The number of anilines is 1. The minimum Gasteiger partial charge on any atom is -0.481 e. The van der Waals surface area contributed by atoms with Crippen LogP contribution in [0, 0.1) is 13.8 Å². The number of esters is 1. The Morgan fingerprint density at radius 2 is 1.86 bits per heavy atom. The lowest BCUT2D eigenvalue weighted by molar-refractivity contribution is -0.127. The molecule has 36 heavy (non-hydrogen) atoms. The number of carbonyl (C=O) groups is 3. The van der Waals surface area contributed by atoms with E-state index in [9.17, 15) is 14.4 Å². The average molecular weight is 528 g/mol. The van der Waals surface area contributed by atoms with Crippen LogP contribution in [0.1, 0.15) is 50.6 Å². The number of carbonyl (C=O) groups excluding carboxylic acids is 3. The maximum atomic E-state index is 12.8. The fraction of sp³-hybridized carbons (Fsp3) is 0.231. The van der Waals surface area contributed by atoms with Crippen LogP contribution in [0.4, 0.5) is 5.00 Å². The molecule has 0 spiro atoms. The molecule has 0 aliphatic rings. The minimum atomic E-state index is -0.828. The Balaban J connectivity index is 1.59. The lowest BCUT2D eigenvalue weighted by atomic mass is 10.1. The van der Waals surface area contributed by atoms with Crippen molar-refractivity contribution < 1.29 is 23.9 Å². The second-order valence-electron chi connectivity index (χ2n) is 7.74. The number of benzene rings is 2. The summed E-state index contributed by atoms with van der Waals surface area (Å²) < 4.78 is 10.8. The molecule has 0 saturated heterocycles. The molecule has 10 heteroatoms. The second kappa shape index (κ2) is 12.3. The highest BCUT2D eigenvalue weighted by Crippen LogP contribution is 2.33. The van der Waals surface area contributed by atoms with Crippen LogP contribution < -0.4 is 15.5 Å². The summed E-state index contributed by atoms with van der Waals surface area (Å²) in [4.78, 5) is 38.3. The third kappa shape index (κ3) is 6.93. The van der Waals surface area contributed by atoms with Gasteiger partial charge in [0.25, 0.3) is 11.8 Å². The van der Waals surface area contributed by atoms with Crippen molar-refractivity contribution >= 4 is 51.9 Å². The topological polar surface area (TPSA) is 106 Å². The van der Waals surface area contributed by atoms with Gasteiger partial charge in [0.1, 0.15) is 10.8 Å². The molecule has 2 amide bonds. The fourth-order valence-corrected chi connectivity index (χ4v) is 4.37. The van der Waals surface area contributed by atoms with Crippen molar-refractivity contribution in [3.05, 3.63) is 80.7 Å². The normalized spacial score (nSPS) is 11.7. The predicted octanol–water partition coefficient (Wildman–Crippen LogP) is 5.36. The Morgan fingerprint density at radius 3 is 2.53 bits per heavy atom. The third-order valence-electron chi connectivity index (χ3n) is 5.13. The summed E-state index contributed by atoms with van der Waals surface area (Å²) in [5.74, 6) is -0.884. The summed E-state index contributed by atoms with van der Waals surface area (Å²) in [5.41, 5.74) is 4.67. The van der Waals surface area contributed by atoms with Gasteiger partial charge in [-0.25, -0.2) is 10.2 Å². The standard InChI is InChI=1S/C26H26ClN3O5S/c1-5-34-26(33)22-15(2)17(4)36-25(22)29-24(32)19-9-11-21(12-10-19)35-16(3)23(31)30-28-14-18-7-6-8-20(27)13-18/h6-14,16H,5H2,1-4H3,(H,29,32)(H,30,31)/b28-14-/t16-/m1/s1. The summed E-state index contributed by atoms with van der Waals surface area (Å²) in [6.45, 7) is 7.26. The Hall–Kier alpha value is -3.69. The SMILES string of the molecule is CCOC(=O)c1c(NC(=O)c2ccc(O[C@H](C)C(=O)N/N=C\c3cccc(Cl)c3)cc2)sc(C)c1C. The van der Waals surface area contributed by atoms with Crippen molar-refractivity contribution in [2.45, 2.75) is 33.8 Å². The highest BCUT2D eigenvalue weighted by Gasteiger charge is 2.22. The first-order valence-electron chi connectivity index (χ1n) is 11.1. The van der Waals surface area contributed by atoms with Gasteiger partial charge in [-0.1, -0.05) is 23.7 Å². The Labute approximate surface area is 218 Å². The molecule has 0 saturated carbocycles. The van der Waals surface area contributed by atoms with Gasteiger partial charge in [-0.15, -0.1) is 11.3 Å². The molecule has 188 valence electrons. The molecule has 2 N–H and O–H groups in total. The van der Waals surface area contributed by atoms with Crippen LogP contribution in [0.3, 0.4) is 0 Å². The monoisotopic (exact) mass is 527 g/mol. The van der Waals surface area contributed by atoms with E-state index >= 15 is 0 Å². The molecule has 1 heterocycles. The van der Waals surface area contributed by atoms with Crippen molar-refractivity contribution in [2.75, 3.05) is 11.9 Å². The van der Waals surface area contributed by atoms with Gasteiger partial charge in [-0.05, 0) is 75.2 Å². The first-order valence-corrected chi connectivity index (χ1v) is 12.3. The number of ether oxygens (including phenoxy) is 2. The number of nitrogens with one attached hydrogen (secondary N) is 2. The summed E-state index contributed by atoms with van der Waals surface area (Å²) in [5, 5.41) is 7.72. The minimum absolute atomic E-state index is 0.243. The number of amides is 2. The lowest BCUT2D eigenvalue weighted by Gasteiger charge is -2.13. The second-order valence-corrected chi connectivity index (χ2v) is 9.40. The number of thiophene rings is 1. The molecule has 3 aromatic rings. The Morgan fingerprint density at radius 1 is 1.14 bits per heavy atom. The molecule has 1 aromatic heterocycles. The zero-order chi connectivity index (χ0) is 26.2. The third-order valence-corrected chi connectivity index (χ3v) is 6.49. The molecule has 3 rings (SSSR count). The highest BCUT2D eigenvalue weighted by atomic mass is 35.5. The van der Waals surface area contributed by atoms with Crippen molar-refractivity contribution in [1.82, 2.24) is 5.43 Å². The van der Waals surface area contributed by atoms with Crippen LogP contribution >= 0.6 is 22.9 Å². The molecule has 8 nitrogen and oxygen atoms in total. The van der Waals surface area contributed by atoms with Crippen LogP contribution in [-0.4, -0.2) is 36.7 Å². The number of nitrogens with zero attached hydrogens (tertiary/aromatic N) is 1. The summed E-state index contributed by atoms with van der Waals surface area (Å²) in [6, 6.07) is 13.4. The molecule has 2 aromatic carbocycles. The summed E-state index contributed by atoms with van der Waals surface area (Å²) in [7, 11) is 0. The molecule has 0 radical (unpaired) electrons. The van der Waals surface area contributed by atoms with E-state index in [4.69, 9.17) is 21.1 Å². The van der Waals surface area contributed by atoms with E-state index in [1.54, 1.807) is 62.4 Å². The largest absolute Gasteiger partial charge is 0.481 e. The maximum Gasteiger partial charge on any atom is 0.341 e. The van der Waals surface area contributed by atoms with E-state index in [0.717, 1.165) is 16.0 Å². The Kier molecular flexibility index (Phi) is 9.21. The van der Waals surface area contributed by atoms with E-state index < -0.39 is 18.0 Å². The number of aryl methyl sites for hydroxylation is 1. The van der Waals surface area contributed by atoms with E-state index in [0.29, 0.717) is 26.9 Å². The molecule has 1 atom stereocenters. The smallest absolute Gasteiger partial charge is 0.341 e. The highest BCUT2D eigenvalue weighted by molar-refractivity contribution is 7.16. The molecule has 0 fully saturated rings. The number of hydrazone groups is 1. The van der Waals surface area contributed by atoms with E-state index in [1.807, 2.05) is 13.8 Å². The quantitative estimate of drug-likeness (QED) is 0.221. The van der Waals surface area contributed by atoms with Crippen molar-refractivity contribution in [3.8, 4) is 5.75 Å². The van der Waals surface area contributed by atoms with Crippen LogP contribution in [0.5, 0.6) is 5.75 Å². The van der Waals surface area contributed by atoms with Gasteiger partial charge in [0.05, 0.1) is 18.4 Å². The van der Waals surface area contributed by atoms with Gasteiger partial charge < -0.3 is 14.8 Å². The lowest BCUT2D eigenvalue weighted by Crippen LogP contribution is -2.33. The van der Waals surface area contributed by atoms with Gasteiger partial charge >= 0.3 is 5.97 Å². The average Bonchev–Trinajstić information content (AvgIpc) is 3.12. The van der Waals surface area contributed by atoms with Gasteiger partial charge in [-0.2, -0.15) is 5.10 Å². The number of hydrogen-bond donors (Lipinski definition) is 2. The molecular formula is C26H26ClN3O5S. The molecule has 0 aliphatic carbocycles. The number of rotatable bonds is 9. The van der Waals surface area contributed by atoms with Gasteiger partial charge in [-0.3, -0.25) is 9.59 Å². The molecule has 0 aliphatic heterocycles. The molecule has 0 bridgehead atoms. The van der Waals surface area contributed by atoms with E-state index in [1.165, 1.54) is 17.6 Å². The van der Waals surface area contributed by atoms with Crippen LogP contribution in [0.2, 0.25) is 5.02 Å². The van der Waals surface area contributed by atoms with Gasteiger partial charge in [0.2, 0.25) is 0 Å². The van der Waals surface area contributed by atoms with E-state index in [-0.39, 0.29) is 12.5 Å². The summed E-state index contributed by atoms with van der Waals surface area (Å²) >= 11 is 7.24. The number of halogens is 1. The van der Waals surface area contributed by atoms with Crippen LogP contribution in [-0.2, 0) is 9.53 Å². The van der Waals surface area contributed by atoms with Gasteiger partial charge in [0, 0.05) is 15.5 Å². The molecular weight excluding hydrogens is 502 g/mol. The van der Waals surface area contributed by atoms with Crippen molar-refractivity contribution in [3.63, 3.8) is 0 Å². The first kappa shape index (κ1) is 26.9. The Bertz CT molecular complexity index is 1290. The zero-order valence-corrected chi connectivity index (χ0v) is 21.8. The van der Waals surface area contributed by atoms with Crippen LogP contribution in [0.15, 0.2) is 53.6 Å². The van der Waals surface area contributed by atoms with Crippen molar-refractivity contribution in [1.29, 1.82) is 0 Å². The van der Waals surface area contributed by atoms with Crippen molar-refractivity contribution in [2.24, 2.45) is 5.10 Å². The zero-order valence-electron chi connectivity index (χ0n) is 20.3. The van der Waals surface area contributed by atoms with E-state index in [2.05, 4.69) is 15.8 Å². The first-order chi connectivity index (χ1) is 17.2. The fourth-order valence-electron chi connectivity index (χ4n) is 3.13. The van der Waals surface area contributed by atoms with Crippen LogP contribution in [0.25, 0.3) is 0 Å². The predicted molar refractivity (Wildman–Crippen MR) is 141 cm³/mol. The maximum absolute atomic E-state index is 12.8. The summed E-state index contributed by atoms with van der Waals surface area (Å²) in [6.07, 6.45) is 0.652. The molecule has 0 unspecified atom stereocenters. The van der Waals surface area contributed by atoms with Gasteiger partial charge in [0.15, 0.2) is 6.10 Å².